The van der Waals surface area contributed by atoms with E-state index in [0.29, 0.717) is 23.5 Å². The average molecular weight is 325 g/mol. The van der Waals surface area contributed by atoms with Crippen molar-refractivity contribution in [2.45, 2.75) is 13.3 Å². The van der Waals surface area contributed by atoms with E-state index in [1.165, 1.54) is 0 Å². The summed E-state index contributed by atoms with van der Waals surface area (Å²) < 4.78 is 1.61. The molecule has 0 aliphatic carbocycles. The highest BCUT2D eigenvalue weighted by atomic mass is 16.4. The Morgan fingerprint density at radius 1 is 1.38 bits per heavy atom. The molecule has 3 aromatic rings. The summed E-state index contributed by atoms with van der Waals surface area (Å²) in [7, 11) is 3.95. The fraction of sp³-hybridized carbons (Fsp3) is 0.294. The number of nitrogens with zero attached hydrogens (tertiary/aromatic N) is 5. The van der Waals surface area contributed by atoms with Crippen LogP contribution in [-0.4, -0.2) is 56.2 Å². The predicted octanol–water partition coefficient (Wildman–Crippen LogP) is 1.90. The normalized spacial score (nSPS) is 11.3. The van der Waals surface area contributed by atoms with Gasteiger partial charge in [0.25, 0.3) is 0 Å². The molecule has 0 amide bonds. The zero-order valence-corrected chi connectivity index (χ0v) is 13.9. The van der Waals surface area contributed by atoms with E-state index in [1.807, 2.05) is 38.1 Å². The smallest absolute Gasteiger partial charge is 0.340 e. The minimum absolute atomic E-state index is 0.150. The summed E-state index contributed by atoms with van der Waals surface area (Å²) >= 11 is 0. The van der Waals surface area contributed by atoms with Gasteiger partial charge in [-0.05, 0) is 33.2 Å². The van der Waals surface area contributed by atoms with E-state index in [-0.39, 0.29) is 5.56 Å². The van der Waals surface area contributed by atoms with Crippen LogP contribution < -0.4 is 0 Å². The maximum atomic E-state index is 11.9. The van der Waals surface area contributed by atoms with Gasteiger partial charge >= 0.3 is 5.97 Å². The fourth-order valence-electron chi connectivity index (χ4n) is 2.62. The summed E-state index contributed by atoms with van der Waals surface area (Å²) in [5.74, 6) is -0.386. The number of carboxylic acid groups (broad SMARTS) is 1. The molecule has 0 radical (unpaired) electrons. The van der Waals surface area contributed by atoms with E-state index in [1.54, 1.807) is 23.0 Å². The molecule has 0 saturated carbocycles. The van der Waals surface area contributed by atoms with Crippen LogP contribution in [0.2, 0.25) is 0 Å². The lowest BCUT2D eigenvalue weighted by atomic mass is 10.0. The van der Waals surface area contributed by atoms with Gasteiger partial charge in [-0.15, -0.1) is 0 Å². The third-order valence-electron chi connectivity index (χ3n) is 3.80. The Kier molecular flexibility index (Phi) is 4.26. The largest absolute Gasteiger partial charge is 0.478 e. The van der Waals surface area contributed by atoms with Gasteiger partial charge in [-0.1, -0.05) is 6.07 Å². The molecule has 0 aliphatic heterocycles. The molecule has 0 saturated heterocycles. The Balaban J connectivity index is 2.20. The Hall–Kier alpha value is -2.80. The lowest BCUT2D eigenvalue weighted by Gasteiger charge is -2.09. The first kappa shape index (κ1) is 16.1. The van der Waals surface area contributed by atoms with Crippen molar-refractivity contribution in [3.05, 3.63) is 47.7 Å². The summed E-state index contributed by atoms with van der Waals surface area (Å²) in [6.45, 7) is 2.69. The second kappa shape index (κ2) is 6.37. The second-order valence-corrected chi connectivity index (χ2v) is 5.94. The van der Waals surface area contributed by atoms with E-state index in [9.17, 15) is 9.90 Å². The van der Waals surface area contributed by atoms with Crippen molar-refractivity contribution in [1.29, 1.82) is 0 Å². The number of hydrogen-bond acceptors (Lipinski definition) is 5. The first-order valence-electron chi connectivity index (χ1n) is 7.65. The summed E-state index contributed by atoms with van der Waals surface area (Å²) in [5, 5.41) is 14.2. The third kappa shape index (κ3) is 2.98. The van der Waals surface area contributed by atoms with Crippen LogP contribution in [0.1, 0.15) is 21.9 Å². The lowest BCUT2D eigenvalue weighted by molar-refractivity contribution is 0.0699. The predicted molar refractivity (Wildman–Crippen MR) is 90.2 cm³/mol. The Bertz CT molecular complexity index is 887. The van der Waals surface area contributed by atoms with Gasteiger partial charge in [0.15, 0.2) is 11.5 Å². The number of pyridine rings is 2. The quantitative estimate of drug-likeness (QED) is 0.771. The molecule has 0 unspecified atom stereocenters. The van der Waals surface area contributed by atoms with Crippen molar-refractivity contribution in [3.63, 3.8) is 0 Å². The minimum Gasteiger partial charge on any atom is -0.478 e. The van der Waals surface area contributed by atoms with E-state index >= 15 is 0 Å². The van der Waals surface area contributed by atoms with Crippen LogP contribution in [0.3, 0.4) is 0 Å². The van der Waals surface area contributed by atoms with Crippen LogP contribution in [0.4, 0.5) is 0 Å². The number of rotatable bonds is 5. The molecule has 7 heteroatoms. The minimum atomic E-state index is -1.02. The van der Waals surface area contributed by atoms with Crippen LogP contribution in [0.5, 0.6) is 0 Å². The molecule has 0 atom stereocenters. The Morgan fingerprint density at radius 2 is 2.17 bits per heavy atom. The molecular weight excluding hydrogens is 306 g/mol. The fourth-order valence-corrected chi connectivity index (χ4v) is 2.62. The highest BCUT2D eigenvalue weighted by Gasteiger charge is 2.21. The van der Waals surface area contributed by atoms with Gasteiger partial charge in [0.05, 0.1) is 0 Å². The Morgan fingerprint density at radius 3 is 2.79 bits per heavy atom. The third-order valence-corrected chi connectivity index (χ3v) is 3.80. The van der Waals surface area contributed by atoms with Crippen molar-refractivity contribution in [3.8, 4) is 11.1 Å². The van der Waals surface area contributed by atoms with Gasteiger partial charge in [0.1, 0.15) is 5.56 Å². The maximum absolute atomic E-state index is 11.9. The first-order valence-corrected chi connectivity index (χ1v) is 7.65. The monoisotopic (exact) mass is 325 g/mol. The molecule has 3 rings (SSSR count). The zero-order valence-electron chi connectivity index (χ0n) is 13.9. The molecule has 3 aromatic heterocycles. The van der Waals surface area contributed by atoms with Crippen LogP contribution in [0, 0.1) is 6.92 Å². The van der Waals surface area contributed by atoms with E-state index < -0.39 is 5.97 Å². The van der Waals surface area contributed by atoms with Crippen molar-refractivity contribution in [2.75, 3.05) is 20.6 Å². The number of hydrogen-bond donors (Lipinski definition) is 1. The Labute approximate surface area is 139 Å². The molecule has 1 N–H and O–H groups in total. The molecule has 7 nitrogen and oxygen atoms in total. The zero-order chi connectivity index (χ0) is 17.3. The summed E-state index contributed by atoms with van der Waals surface area (Å²) in [4.78, 5) is 22.5. The first-order chi connectivity index (χ1) is 11.5. The van der Waals surface area contributed by atoms with Crippen LogP contribution in [-0.2, 0) is 6.42 Å². The van der Waals surface area contributed by atoms with Gasteiger partial charge in [0.2, 0.25) is 0 Å². The SMILES string of the molecule is Cc1cc(-c2cccnc2)c(C(=O)O)c2nc(CCN(C)C)nn12. The number of aromatic nitrogens is 4. The van der Waals surface area contributed by atoms with Crippen molar-refractivity contribution < 1.29 is 9.90 Å². The standard InChI is InChI=1S/C17H19N5O2/c1-11-9-13(12-5-4-7-18-10-12)15(17(23)24)16-19-14(20-22(11)16)6-8-21(2)3/h4-5,7,9-10H,6,8H2,1-3H3,(H,23,24). The van der Waals surface area contributed by atoms with Crippen LogP contribution >= 0.6 is 0 Å². The molecule has 24 heavy (non-hydrogen) atoms. The van der Waals surface area contributed by atoms with Gasteiger partial charge in [-0.2, -0.15) is 5.10 Å². The van der Waals surface area contributed by atoms with Crippen molar-refractivity contribution >= 4 is 11.6 Å². The van der Waals surface area contributed by atoms with Gasteiger partial charge < -0.3 is 10.0 Å². The number of fused-ring (bicyclic) bond motifs is 1. The molecule has 3 heterocycles. The highest BCUT2D eigenvalue weighted by molar-refractivity contribution is 6.02. The molecule has 0 spiro atoms. The van der Waals surface area contributed by atoms with Crippen LogP contribution in [0.15, 0.2) is 30.6 Å². The van der Waals surface area contributed by atoms with E-state index in [4.69, 9.17) is 0 Å². The molecule has 0 fully saturated rings. The molecular formula is C17H19N5O2. The summed E-state index contributed by atoms with van der Waals surface area (Å²) in [5.41, 5.74) is 2.70. The second-order valence-electron chi connectivity index (χ2n) is 5.94. The number of carbonyl (C=O) groups is 1. The van der Waals surface area contributed by atoms with Crippen molar-refractivity contribution in [2.24, 2.45) is 0 Å². The van der Waals surface area contributed by atoms with Gasteiger partial charge in [-0.25, -0.2) is 14.3 Å². The van der Waals surface area contributed by atoms with E-state index in [0.717, 1.165) is 17.8 Å². The van der Waals surface area contributed by atoms with Crippen molar-refractivity contribution in [1.82, 2.24) is 24.5 Å². The molecule has 124 valence electrons. The molecule has 0 aromatic carbocycles. The molecule has 0 aliphatic rings. The van der Waals surface area contributed by atoms with E-state index in [2.05, 4.69) is 15.1 Å². The number of likely N-dealkylation sites (N-methyl/N-ethyl adjacent to an activating group) is 1. The topological polar surface area (TPSA) is 83.6 Å². The summed E-state index contributed by atoms with van der Waals surface area (Å²) in [6, 6.07) is 5.44. The number of aryl methyl sites for hydroxylation is 1. The number of aromatic carboxylic acids is 1. The van der Waals surface area contributed by atoms with Crippen LogP contribution in [0.25, 0.3) is 16.8 Å². The number of carboxylic acids is 1. The van der Waals surface area contributed by atoms with Gasteiger partial charge in [0, 0.05) is 42.2 Å². The van der Waals surface area contributed by atoms with Gasteiger partial charge in [-0.3, -0.25) is 4.98 Å². The maximum Gasteiger partial charge on any atom is 0.340 e. The average Bonchev–Trinajstić information content (AvgIpc) is 2.97. The molecule has 0 bridgehead atoms. The summed E-state index contributed by atoms with van der Waals surface area (Å²) in [6.07, 6.45) is 3.97. The lowest BCUT2D eigenvalue weighted by Crippen LogP contribution is -2.15. The highest BCUT2D eigenvalue weighted by Crippen LogP contribution is 2.27.